The number of carbonyl (C=O) groups excluding carboxylic acids is 1. The quantitative estimate of drug-likeness (QED) is 0.767. The summed E-state index contributed by atoms with van der Waals surface area (Å²) in [4.78, 5) is 21.8. The number of Topliss-reactive ketones (excluding diaryl/α,β-unsaturated/α-hetero) is 1. The summed E-state index contributed by atoms with van der Waals surface area (Å²) in [5.74, 6) is -0.986. The SMILES string of the molecule is CNc1ccccc1CC(=O)CCC(=O)O. The maximum atomic E-state index is 11.5. The second-order valence-corrected chi connectivity index (χ2v) is 3.52. The molecule has 0 saturated heterocycles. The van der Waals surface area contributed by atoms with Gasteiger partial charge in [0.05, 0.1) is 6.42 Å². The lowest BCUT2D eigenvalue weighted by Gasteiger charge is -2.07. The van der Waals surface area contributed by atoms with Crippen LogP contribution in [0.3, 0.4) is 0 Å². The molecule has 2 N–H and O–H groups in total. The average molecular weight is 221 g/mol. The summed E-state index contributed by atoms with van der Waals surface area (Å²) in [6, 6.07) is 7.50. The summed E-state index contributed by atoms with van der Waals surface area (Å²) in [6.07, 6.45) is 0.276. The van der Waals surface area contributed by atoms with Crippen LogP contribution in [-0.4, -0.2) is 23.9 Å². The van der Waals surface area contributed by atoms with Gasteiger partial charge in [0.25, 0.3) is 0 Å². The standard InChI is InChI=1S/C12H15NO3/c1-13-11-5-3-2-4-9(11)8-10(14)6-7-12(15)16/h2-5,13H,6-8H2,1H3,(H,15,16). The van der Waals surface area contributed by atoms with E-state index in [0.717, 1.165) is 11.3 Å². The highest BCUT2D eigenvalue weighted by atomic mass is 16.4. The number of benzene rings is 1. The second kappa shape index (κ2) is 5.90. The summed E-state index contributed by atoms with van der Waals surface area (Å²) in [5.41, 5.74) is 1.81. The van der Waals surface area contributed by atoms with Gasteiger partial charge in [-0.3, -0.25) is 9.59 Å². The molecule has 0 aliphatic carbocycles. The number of ketones is 1. The first-order valence-corrected chi connectivity index (χ1v) is 5.12. The molecule has 0 atom stereocenters. The molecule has 1 aromatic carbocycles. The smallest absolute Gasteiger partial charge is 0.303 e. The molecule has 0 aromatic heterocycles. The molecule has 0 heterocycles. The van der Waals surface area contributed by atoms with Crippen LogP contribution in [0.2, 0.25) is 0 Å². The second-order valence-electron chi connectivity index (χ2n) is 3.52. The monoisotopic (exact) mass is 221 g/mol. The lowest BCUT2D eigenvalue weighted by molar-refractivity contribution is -0.138. The van der Waals surface area contributed by atoms with Crippen LogP contribution in [0.4, 0.5) is 5.69 Å². The number of para-hydroxylation sites is 1. The summed E-state index contributed by atoms with van der Waals surface area (Å²) in [5, 5.41) is 11.5. The van der Waals surface area contributed by atoms with E-state index in [1.807, 2.05) is 24.3 Å². The first-order valence-electron chi connectivity index (χ1n) is 5.12. The Morgan fingerprint density at radius 2 is 1.94 bits per heavy atom. The van der Waals surface area contributed by atoms with Crippen LogP contribution < -0.4 is 5.32 Å². The third-order valence-electron chi connectivity index (χ3n) is 2.29. The Bertz CT molecular complexity index is 388. The highest BCUT2D eigenvalue weighted by Gasteiger charge is 2.08. The number of carboxylic acids is 1. The fourth-order valence-electron chi connectivity index (χ4n) is 1.47. The van der Waals surface area contributed by atoms with Crippen LogP contribution in [0.1, 0.15) is 18.4 Å². The van der Waals surface area contributed by atoms with Gasteiger partial charge in [-0.1, -0.05) is 18.2 Å². The molecule has 0 fully saturated rings. The minimum Gasteiger partial charge on any atom is -0.481 e. The van der Waals surface area contributed by atoms with Crippen LogP contribution in [0.5, 0.6) is 0 Å². The molecule has 16 heavy (non-hydrogen) atoms. The zero-order valence-electron chi connectivity index (χ0n) is 9.19. The number of carbonyl (C=O) groups is 2. The molecule has 0 saturated carbocycles. The minimum atomic E-state index is -0.935. The van der Waals surface area contributed by atoms with Crippen molar-refractivity contribution in [3.63, 3.8) is 0 Å². The van der Waals surface area contributed by atoms with E-state index in [2.05, 4.69) is 5.32 Å². The van der Waals surface area contributed by atoms with Gasteiger partial charge in [0, 0.05) is 25.6 Å². The Morgan fingerprint density at radius 3 is 2.56 bits per heavy atom. The molecular weight excluding hydrogens is 206 g/mol. The molecule has 0 amide bonds. The van der Waals surface area contributed by atoms with Gasteiger partial charge in [-0.05, 0) is 11.6 Å². The van der Waals surface area contributed by atoms with Gasteiger partial charge in [0.1, 0.15) is 5.78 Å². The summed E-state index contributed by atoms with van der Waals surface area (Å²) < 4.78 is 0. The fourth-order valence-corrected chi connectivity index (χ4v) is 1.47. The largest absolute Gasteiger partial charge is 0.481 e. The number of nitrogens with one attached hydrogen (secondary N) is 1. The highest BCUT2D eigenvalue weighted by Crippen LogP contribution is 2.15. The van der Waals surface area contributed by atoms with Crippen molar-refractivity contribution in [3.05, 3.63) is 29.8 Å². The van der Waals surface area contributed by atoms with Crippen molar-refractivity contribution in [2.24, 2.45) is 0 Å². The number of carboxylic acid groups (broad SMARTS) is 1. The molecule has 0 unspecified atom stereocenters. The zero-order chi connectivity index (χ0) is 12.0. The van der Waals surface area contributed by atoms with Crippen LogP contribution in [0.25, 0.3) is 0 Å². The van der Waals surface area contributed by atoms with Crippen molar-refractivity contribution in [3.8, 4) is 0 Å². The minimum absolute atomic E-state index is 0.0508. The maximum Gasteiger partial charge on any atom is 0.303 e. The van der Waals surface area contributed by atoms with Crippen LogP contribution in [0.15, 0.2) is 24.3 Å². The van der Waals surface area contributed by atoms with Crippen molar-refractivity contribution in [2.45, 2.75) is 19.3 Å². The van der Waals surface area contributed by atoms with Crippen molar-refractivity contribution in [2.75, 3.05) is 12.4 Å². The molecule has 4 nitrogen and oxygen atoms in total. The summed E-state index contributed by atoms with van der Waals surface area (Å²) in [7, 11) is 1.79. The average Bonchev–Trinajstić information content (AvgIpc) is 2.27. The molecule has 4 heteroatoms. The number of aliphatic carboxylic acids is 1. The first-order chi connectivity index (χ1) is 7.63. The van der Waals surface area contributed by atoms with Crippen molar-refractivity contribution >= 4 is 17.4 Å². The molecular formula is C12H15NO3. The highest BCUT2D eigenvalue weighted by molar-refractivity contribution is 5.85. The Morgan fingerprint density at radius 1 is 1.25 bits per heavy atom. The number of hydrogen-bond acceptors (Lipinski definition) is 3. The van der Waals surface area contributed by atoms with E-state index < -0.39 is 5.97 Å². The van der Waals surface area contributed by atoms with Gasteiger partial charge in [0.2, 0.25) is 0 Å². The fraction of sp³-hybridized carbons (Fsp3) is 0.333. The van der Waals surface area contributed by atoms with Crippen molar-refractivity contribution in [1.82, 2.24) is 0 Å². The summed E-state index contributed by atoms with van der Waals surface area (Å²) >= 11 is 0. The number of anilines is 1. The number of rotatable bonds is 6. The predicted octanol–water partition coefficient (Wildman–Crippen LogP) is 1.70. The lowest BCUT2D eigenvalue weighted by Crippen LogP contribution is -2.07. The summed E-state index contributed by atoms with van der Waals surface area (Å²) in [6.45, 7) is 0. The van der Waals surface area contributed by atoms with Crippen LogP contribution in [-0.2, 0) is 16.0 Å². The first kappa shape index (κ1) is 12.2. The van der Waals surface area contributed by atoms with E-state index in [1.165, 1.54) is 0 Å². The Balaban J connectivity index is 2.58. The van der Waals surface area contributed by atoms with Crippen molar-refractivity contribution in [1.29, 1.82) is 0 Å². The maximum absolute atomic E-state index is 11.5. The Hall–Kier alpha value is -1.84. The molecule has 0 radical (unpaired) electrons. The van der Waals surface area contributed by atoms with Crippen LogP contribution >= 0.6 is 0 Å². The van der Waals surface area contributed by atoms with Gasteiger partial charge in [-0.2, -0.15) is 0 Å². The molecule has 86 valence electrons. The van der Waals surface area contributed by atoms with Crippen LogP contribution in [0, 0.1) is 0 Å². The third-order valence-corrected chi connectivity index (χ3v) is 2.29. The number of hydrogen-bond donors (Lipinski definition) is 2. The zero-order valence-corrected chi connectivity index (χ0v) is 9.19. The molecule has 0 aliphatic rings. The molecule has 1 aromatic rings. The predicted molar refractivity (Wildman–Crippen MR) is 61.6 cm³/mol. The molecule has 0 bridgehead atoms. The lowest BCUT2D eigenvalue weighted by atomic mass is 10.0. The molecule has 1 rings (SSSR count). The normalized spacial score (nSPS) is 9.81. The van der Waals surface area contributed by atoms with E-state index >= 15 is 0 Å². The molecule has 0 spiro atoms. The Kier molecular flexibility index (Phi) is 4.51. The van der Waals surface area contributed by atoms with E-state index in [-0.39, 0.29) is 25.0 Å². The van der Waals surface area contributed by atoms with Gasteiger partial charge in [0.15, 0.2) is 0 Å². The van der Waals surface area contributed by atoms with Gasteiger partial charge in [-0.25, -0.2) is 0 Å². The Labute approximate surface area is 94.3 Å². The van der Waals surface area contributed by atoms with Gasteiger partial charge < -0.3 is 10.4 Å². The molecule has 0 aliphatic heterocycles. The topological polar surface area (TPSA) is 66.4 Å². The van der Waals surface area contributed by atoms with Gasteiger partial charge in [-0.15, -0.1) is 0 Å². The van der Waals surface area contributed by atoms with Crippen molar-refractivity contribution < 1.29 is 14.7 Å². The third kappa shape index (κ3) is 3.73. The van der Waals surface area contributed by atoms with E-state index in [9.17, 15) is 9.59 Å². The van der Waals surface area contributed by atoms with E-state index in [1.54, 1.807) is 7.05 Å². The van der Waals surface area contributed by atoms with E-state index in [0.29, 0.717) is 0 Å². The van der Waals surface area contributed by atoms with Gasteiger partial charge >= 0.3 is 5.97 Å². The van der Waals surface area contributed by atoms with E-state index in [4.69, 9.17) is 5.11 Å².